The summed E-state index contributed by atoms with van der Waals surface area (Å²) in [5.41, 5.74) is 1.06. The number of imidazole rings is 1. The number of likely N-dealkylation sites (N-methyl/N-ethyl adjacent to an activating group) is 1. The Morgan fingerprint density at radius 3 is 2.81 bits per heavy atom. The maximum atomic E-state index is 11.0. The van der Waals surface area contributed by atoms with E-state index in [1.807, 2.05) is 31.2 Å². The van der Waals surface area contributed by atoms with E-state index in [2.05, 4.69) is 4.98 Å². The topological polar surface area (TPSA) is 73.4 Å². The van der Waals surface area contributed by atoms with Crippen LogP contribution < -0.4 is 9.64 Å². The highest BCUT2D eigenvalue weighted by molar-refractivity contribution is 5.53. The van der Waals surface area contributed by atoms with Gasteiger partial charge in [0.05, 0.1) is 6.54 Å². The molecule has 0 saturated heterocycles. The average molecular weight is 290 g/mol. The summed E-state index contributed by atoms with van der Waals surface area (Å²) in [6.07, 6.45) is 1.44. The summed E-state index contributed by atoms with van der Waals surface area (Å²) in [7, 11) is 3.51. The van der Waals surface area contributed by atoms with Crippen molar-refractivity contribution in [2.45, 2.75) is 6.92 Å². The number of hydrogen-bond donors (Lipinski definition) is 0. The highest BCUT2D eigenvalue weighted by Gasteiger charge is 2.23. The molecule has 0 radical (unpaired) electrons. The molecule has 7 heteroatoms. The lowest BCUT2D eigenvalue weighted by Crippen LogP contribution is -2.26. The second kappa shape index (κ2) is 6.25. The predicted molar refractivity (Wildman–Crippen MR) is 79.8 cm³/mol. The van der Waals surface area contributed by atoms with E-state index in [0.29, 0.717) is 19.0 Å². The third-order valence-corrected chi connectivity index (χ3v) is 3.20. The van der Waals surface area contributed by atoms with Gasteiger partial charge >= 0.3 is 5.82 Å². The fraction of sp³-hybridized carbons (Fsp3) is 0.357. The molecule has 2 rings (SSSR count). The molecule has 1 aromatic heterocycles. The van der Waals surface area contributed by atoms with Crippen LogP contribution in [0.25, 0.3) is 0 Å². The van der Waals surface area contributed by atoms with Crippen LogP contribution in [0.1, 0.15) is 5.56 Å². The number of anilines is 1. The van der Waals surface area contributed by atoms with Crippen LogP contribution in [0.15, 0.2) is 30.6 Å². The van der Waals surface area contributed by atoms with Crippen molar-refractivity contribution >= 4 is 11.6 Å². The zero-order valence-electron chi connectivity index (χ0n) is 12.3. The Kier molecular flexibility index (Phi) is 4.42. The Bertz CT molecular complexity index is 639. The van der Waals surface area contributed by atoms with Gasteiger partial charge in [-0.2, -0.15) is 0 Å². The minimum atomic E-state index is -0.478. The van der Waals surface area contributed by atoms with Gasteiger partial charge in [-0.3, -0.25) is 4.57 Å². The van der Waals surface area contributed by atoms with Crippen molar-refractivity contribution in [2.24, 2.45) is 7.05 Å². The molecule has 0 amide bonds. The molecule has 0 N–H and O–H groups in total. The molecule has 0 atom stereocenters. The fourth-order valence-corrected chi connectivity index (χ4v) is 2.10. The molecular weight excluding hydrogens is 272 g/mol. The first-order valence-electron chi connectivity index (χ1n) is 6.56. The van der Waals surface area contributed by atoms with E-state index in [1.54, 1.807) is 23.6 Å². The monoisotopic (exact) mass is 290 g/mol. The maximum absolute atomic E-state index is 11.0. The van der Waals surface area contributed by atoms with E-state index in [0.717, 1.165) is 11.3 Å². The van der Waals surface area contributed by atoms with Crippen LogP contribution in [0.2, 0.25) is 0 Å². The summed E-state index contributed by atoms with van der Waals surface area (Å²) >= 11 is 0. The molecule has 0 spiro atoms. The van der Waals surface area contributed by atoms with E-state index in [1.165, 1.54) is 6.33 Å². The first-order valence-corrected chi connectivity index (χ1v) is 6.56. The van der Waals surface area contributed by atoms with Crippen LogP contribution in [-0.4, -0.2) is 34.7 Å². The first kappa shape index (κ1) is 14.8. The smallest absolute Gasteiger partial charge is 0.406 e. The summed E-state index contributed by atoms with van der Waals surface area (Å²) in [6.45, 7) is 2.93. The van der Waals surface area contributed by atoms with E-state index in [-0.39, 0.29) is 5.82 Å². The zero-order valence-corrected chi connectivity index (χ0v) is 12.3. The molecule has 0 bridgehead atoms. The van der Waals surface area contributed by atoms with Crippen LogP contribution in [-0.2, 0) is 7.05 Å². The summed E-state index contributed by atoms with van der Waals surface area (Å²) in [5, 5.41) is 11.0. The first-order chi connectivity index (χ1) is 10.0. The number of nitro groups is 1. The van der Waals surface area contributed by atoms with Gasteiger partial charge in [0.15, 0.2) is 0 Å². The molecule has 112 valence electrons. The zero-order chi connectivity index (χ0) is 15.4. The number of benzene rings is 1. The van der Waals surface area contributed by atoms with Gasteiger partial charge < -0.3 is 19.8 Å². The van der Waals surface area contributed by atoms with E-state index in [4.69, 9.17) is 4.74 Å². The number of nitrogens with zero attached hydrogens (tertiary/aromatic N) is 4. The van der Waals surface area contributed by atoms with Crippen LogP contribution in [0.5, 0.6) is 5.75 Å². The fourth-order valence-electron chi connectivity index (χ4n) is 2.10. The minimum Gasteiger partial charge on any atom is -0.491 e. The van der Waals surface area contributed by atoms with Crippen molar-refractivity contribution in [3.8, 4) is 5.75 Å². The number of aromatic nitrogens is 2. The summed E-state index contributed by atoms with van der Waals surface area (Å²) in [5.74, 6) is 1.15. The van der Waals surface area contributed by atoms with Crippen LogP contribution >= 0.6 is 0 Å². The lowest BCUT2D eigenvalue weighted by atomic mass is 10.2. The Labute approximate surface area is 122 Å². The van der Waals surface area contributed by atoms with Gasteiger partial charge in [0.1, 0.15) is 12.4 Å². The summed E-state index contributed by atoms with van der Waals surface area (Å²) < 4.78 is 7.34. The van der Waals surface area contributed by atoms with Crippen molar-refractivity contribution in [2.75, 3.05) is 25.1 Å². The van der Waals surface area contributed by atoms with Crippen molar-refractivity contribution in [1.82, 2.24) is 9.55 Å². The van der Waals surface area contributed by atoms with Crippen LogP contribution in [0.4, 0.5) is 11.6 Å². The third-order valence-electron chi connectivity index (χ3n) is 3.20. The Morgan fingerprint density at radius 1 is 1.43 bits per heavy atom. The molecule has 0 aliphatic carbocycles. The molecule has 0 saturated carbocycles. The largest absolute Gasteiger partial charge is 0.491 e. The van der Waals surface area contributed by atoms with Crippen LogP contribution in [0.3, 0.4) is 0 Å². The molecule has 0 aliphatic rings. The number of rotatable bonds is 6. The van der Waals surface area contributed by atoms with Gasteiger partial charge in [-0.15, -0.1) is 0 Å². The van der Waals surface area contributed by atoms with E-state index in [9.17, 15) is 10.1 Å². The van der Waals surface area contributed by atoms with Crippen molar-refractivity contribution in [1.29, 1.82) is 0 Å². The third kappa shape index (κ3) is 3.31. The van der Waals surface area contributed by atoms with Crippen molar-refractivity contribution in [3.05, 3.63) is 46.3 Å². The molecule has 2 aromatic rings. The highest BCUT2D eigenvalue weighted by atomic mass is 16.6. The predicted octanol–water partition coefficient (Wildman–Crippen LogP) is 2.15. The number of hydrogen-bond acceptors (Lipinski definition) is 5. The van der Waals surface area contributed by atoms with Crippen LogP contribution in [0, 0.1) is 17.0 Å². The standard InChI is InChI=1S/C14H18N4O3/c1-11-6-4-5-7-12(11)21-9-8-16(2)14-13(18(19)20)15-10-17(14)3/h4-7,10H,8-9H2,1-3H3. The molecule has 7 nitrogen and oxygen atoms in total. The van der Waals surface area contributed by atoms with Gasteiger partial charge in [-0.25, -0.2) is 0 Å². The minimum absolute atomic E-state index is 0.143. The van der Waals surface area contributed by atoms with Crippen molar-refractivity contribution in [3.63, 3.8) is 0 Å². The molecule has 1 heterocycles. The summed E-state index contributed by atoms with van der Waals surface area (Å²) in [6, 6.07) is 7.75. The maximum Gasteiger partial charge on any atom is 0.406 e. The lowest BCUT2D eigenvalue weighted by molar-refractivity contribution is -0.388. The SMILES string of the molecule is Cc1ccccc1OCCN(C)c1c([N+](=O)[O-])ncn1C. The van der Waals surface area contributed by atoms with Gasteiger partial charge in [0.2, 0.25) is 12.1 Å². The molecule has 21 heavy (non-hydrogen) atoms. The second-order valence-electron chi connectivity index (χ2n) is 4.80. The Balaban J connectivity index is 1.99. The van der Waals surface area contributed by atoms with Gasteiger partial charge in [-0.1, -0.05) is 18.2 Å². The quantitative estimate of drug-likeness (QED) is 0.602. The van der Waals surface area contributed by atoms with Gasteiger partial charge in [0.25, 0.3) is 0 Å². The number of ether oxygens (including phenoxy) is 1. The normalized spacial score (nSPS) is 10.4. The lowest BCUT2D eigenvalue weighted by Gasteiger charge is -2.19. The van der Waals surface area contributed by atoms with E-state index < -0.39 is 4.92 Å². The number of aryl methyl sites for hydroxylation is 2. The van der Waals surface area contributed by atoms with Gasteiger partial charge in [0, 0.05) is 14.1 Å². The molecule has 0 aliphatic heterocycles. The molecule has 0 unspecified atom stereocenters. The molecular formula is C14H18N4O3. The average Bonchev–Trinajstić information content (AvgIpc) is 2.83. The Hall–Kier alpha value is -2.57. The highest BCUT2D eigenvalue weighted by Crippen LogP contribution is 2.24. The van der Waals surface area contributed by atoms with Crippen molar-refractivity contribution < 1.29 is 9.66 Å². The summed E-state index contributed by atoms with van der Waals surface area (Å²) in [4.78, 5) is 16.0. The second-order valence-corrected chi connectivity index (χ2v) is 4.80. The van der Waals surface area contributed by atoms with E-state index >= 15 is 0 Å². The number of para-hydroxylation sites is 1. The molecule has 0 fully saturated rings. The Morgan fingerprint density at radius 2 is 2.14 bits per heavy atom. The molecule has 1 aromatic carbocycles. The van der Waals surface area contributed by atoms with Gasteiger partial charge in [-0.05, 0) is 28.5 Å².